The number of carbonyl (C=O) groups excluding carboxylic acids is 1. The average molecular weight is 486 g/mol. The quantitative estimate of drug-likeness (QED) is 0.495. The van der Waals surface area contributed by atoms with Crippen LogP contribution in [0.3, 0.4) is 0 Å². The predicted molar refractivity (Wildman–Crippen MR) is 140 cm³/mol. The number of aliphatic hydroxyl groups is 1. The van der Waals surface area contributed by atoms with Crippen molar-refractivity contribution in [3.63, 3.8) is 0 Å². The number of aryl methyl sites for hydroxylation is 1. The molecule has 1 amide bonds. The highest BCUT2D eigenvalue weighted by Gasteiger charge is 2.35. The van der Waals surface area contributed by atoms with E-state index in [0.29, 0.717) is 54.7 Å². The van der Waals surface area contributed by atoms with Crippen LogP contribution in [0.15, 0.2) is 47.4 Å². The Morgan fingerprint density at radius 3 is 2.29 bits per heavy atom. The molecular formula is C28H39NO4S. The van der Waals surface area contributed by atoms with Crippen LogP contribution in [0.1, 0.15) is 57.1 Å². The molecule has 1 aliphatic heterocycles. The Morgan fingerprint density at radius 2 is 1.74 bits per heavy atom. The first kappa shape index (κ1) is 26.3. The lowest BCUT2D eigenvalue weighted by Gasteiger charge is -2.40. The third kappa shape index (κ3) is 7.09. The van der Waals surface area contributed by atoms with Crippen molar-refractivity contribution in [3.8, 4) is 11.5 Å². The van der Waals surface area contributed by atoms with Gasteiger partial charge in [0.1, 0.15) is 11.5 Å². The summed E-state index contributed by atoms with van der Waals surface area (Å²) < 4.78 is 18.1. The van der Waals surface area contributed by atoms with Crippen LogP contribution in [0, 0.1) is 12.8 Å². The van der Waals surface area contributed by atoms with E-state index in [-0.39, 0.29) is 5.91 Å². The molecule has 34 heavy (non-hydrogen) atoms. The molecular weight excluding hydrogens is 446 g/mol. The molecule has 5 nitrogen and oxygen atoms in total. The van der Waals surface area contributed by atoms with Gasteiger partial charge < -0.3 is 14.7 Å². The van der Waals surface area contributed by atoms with Crippen LogP contribution in [0.4, 0.5) is 0 Å². The zero-order valence-electron chi connectivity index (χ0n) is 21.0. The second kappa shape index (κ2) is 11.0. The highest BCUT2D eigenvalue weighted by atomic mass is 32.2. The van der Waals surface area contributed by atoms with E-state index < -0.39 is 15.1 Å². The van der Waals surface area contributed by atoms with Gasteiger partial charge in [0.2, 0.25) is 5.91 Å². The van der Waals surface area contributed by atoms with E-state index in [1.54, 1.807) is 30.5 Å². The largest absolute Gasteiger partial charge is 0.457 e. The van der Waals surface area contributed by atoms with Gasteiger partial charge in [-0.3, -0.25) is 9.00 Å². The number of benzene rings is 2. The Bertz CT molecular complexity index is 1080. The summed E-state index contributed by atoms with van der Waals surface area (Å²) in [6, 6.07) is 13.0. The monoisotopic (exact) mass is 485 g/mol. The van der Waals surface area contributed by atoms with Crippen LogP contribution < -0.4 is 4.74 Å². The molecule has 1 heterocycles. The Labute approximate surface area is 205 Å². The van der Waals surface area contributed by atoms with E-state index in [1.807, 2.05) is 30.0 Å². The van der Waals surface area contributed by atoms with Crippen LogP contribution in [-0.2, 0) is 20.7 Å². The third-order valence-corrected chi connectivity index (χ3v) is 8.16. The number of rotatable bonds is 9. The van der Waals surface area contributed by atoms with Gasteiger partial charge in [-0.2, -0.15) is 0 Å². The van der Waals surface area contributed by atoms with E-state index in [1.165, 1.54) is 0 Å². The number of ether oxygens (including phenoxy) is 1. The maximum absolute atomic E-state index is 13.0. The normalized spacial score (nSPS) is 17.4. The van der Waals surface area contributed by atoms with Crippen LogP contribution in [0.5, 0.6) is 11.5 Å². The summed E-state index contributed by atoms with van der Waals surface area (Å²) in [4.78, 5) is 15.6. The van der Waals surface area contributed by atoms with Crippen LogP contribution >= 0.6 is 0 Å². The first-order valence-electron chi connectivity index (χ1n) is 12.2. The summed E-state index contributed by atoms with van der Waals surface area (Å²) >= 11 is 0. The van der Waals surface area contributed by atoms with Gasteiger partial charge in [-0.25, -0.2) is 0 Å². The zero-order chi connectivity index (χ0) is 24.9. The van der Waals surface area contributed by atoms with Gasteiger partial charge in [0.25, 0.3) is 0 Å². The van der Waals surface area contributed by atoms with Crippen molar-refractivity contribution in [3.05, 3.63) is 53.6 Å². The van der Waals surface area contributed by atoms with Gasteiger partial charge in [-0.15, -0.1) is 0 Å². The smallest absolute Gasteiger partial charge is 0.226 e. The molecule has 0 saturated carbocycles. The molecule has 0 bridgehead atoms. The summed E-state index contributed by atoms with van der Waals surface area (Å²) in [5, 5.41) is 11.0. The second-order valence-electron chi connectivity index (χ2n) is 9.90. The van der Waals surface area contributed by atoms with E-state index in [4.69, 9.17) is 4.74 Å². The molecule has 2 aromatic rings. The van der Waals surface area contributed by atoms with Gasteiger partial charge in [-0.05, 0) is 95.0 Å². The number of piperidine rings is 1. The van der Waals surface area contributed by atoms with Crippen LogP contribution in [-0.4, -0.2) is 50.9 Å². The SMILES string of the molecule is C=S(C)(=O)c1ccc(Oc2cc(C)cc(CC(=O)N3CCC(O)(CC(CC)CC)CC3)c2)cc1. The number of nitrogens with zero attached hydrogens (tertiary/aromatic N) is 1. The van der Waals surface area contributed by atoms with Gasteiger partial charge in [0.05, 0.1) is 12.0 Å². The fraction of sp³-hybridized carbons (Fsp3) is 0.500. The second-order valence-corrected chi connectivity index (χ2v) is 12.4. The lowest BCUT2D eigenvalue weighted by molar-refractivity contribution is -0.135. The summed E-state index contributed by atoms with van der Waals surface area (Å²) in [6.07, 6.45) is 6.20. The van der Waals surface area contributed by atoms with Crippen molar-refractivity contribution in [2.45, 2.75) is 69.8 Å². The minimum Gasteiger partial charge on any atom is -0.457 e. The molecule has 1 saturated heterocycles. The number of hydrogen-bond donors (Lipinski definition) is 1. The summed E-state index contributed by atoms with van der Waals surface area (Å²) in [5.41, 5.74) is 1.28. The molecule has 1 atom stereocenters. The highest BCUT2D eigenvalue weighted by Crippen LogP contribution is 2.32. The summed E-state index contributed by atoms with van der Waals surface area (Å²) in [5.74, 6) is 5.64. The van der Waals surface area contributed by atoms with E-state index >= 15 is 0 Å². The molecule has 2 aromatic carbocycles. The lowest BCUT2D eigenvalue weighted by Crippen LogP contribution is -2.47. The molecule has 0 radical (unpaired) electrons. The van der Waals surface area contributed by atoms with Gasteiger partial charge >= 0.3 is 0 Å². The molecule has 3 rings (SSSR count). The number of likely N-dealkylation sites (tertiary alicyclic amines) is 1. The fourth-order valence-electron chi connectivity index (χ4n) is 4.69. The average Bonchev–Trinajstić information content (AvgIpc) is 2.77. The molecule has 1 fully saturated rings. The molecule has 1 unspecified atom stereocenters. The van der Waals surface area contributed by atoms with Gasteiger partial charge in [0.15, 0.2) is 0 Å². The number of carbonyl (C=O) groups is 1. The topological polar surface area (TPSA) is 66.8 Å². The Kier molecular flexibility index (Phi) is 8.47. The van der Waals surface area contributed by atoms with Crippen molar-refractivity contribution in [1.29, 1.82) is 0 Å². The first-order valence-corrected chi connectivity index (χ1v) is 14.4. The Balaban J connectivity index is 1.61. The van der Waals surface area contributed by atoms with Crippen molar-refractivity contribution in [2.24, 2.45) is 5.92 Å². The van der Waals surface area contributed by atoms with E-state index in [9.17, 15) is 14.1 Å². The molecule has 1 N–H and O–H groups in total. The standard InChI is InChI=1S/C28H39NO4S/c1-6-22(7-2)20-28(31)12-14-29(15-13-28)27(30)19-23-16-21(3)17-25(18-23)33-24-8-10-26(11-9-24)34(4,5)32/h8-11,16-18,22,31H,4,6-7,12-15,19-20H2,1-3,5H3. The van der Waals surface area contributed by atoms with Gasteiger partial charge in [0, 0.05) is 24.2 Å². The molecule has 0 aromatic heterocycles. The molecule has 186 valence electrons. The Morgan fingerprint density at radius 1 is 1.12 bits per heavy atom. The van der Waals surface area contributed by atoms with Crippen LogP contribution in [0.25, 0.3) is 0 Å². The van der Waals surface area contributed by atoms with E-state index in [0.717, 1.165) is 30.4 Å². The van der Waals surface area contributed by atoms with Crippen molar-refractivity contribution in [1.82, 2.24) is 4.90 Å². The fourth-order valence-corrected chi connectivity index (χ4v) is 5.41. The van der Waals surface area contributed by atoms with Crippen molar-refractivity contribution in [2.75, 3.05) is 19.3 Å². The molecule has 0 aliphatic carbocycles. The van der Waals surface area contributed by atoms with E-state index in [2.05, 4.69) is 19.7 Å². The van der Waals surface area contributed by atoms with Gasteiger partial charge in [-0.1, -0.05) is 32.8 Å². The van der Waals surface area contributed by atoms with Crippen LogP contribution in [0.2, 0.25) is 0 Å². The maximum Gasteiger partial charge on any atom is 0.226 e. The zero-order valence-corrected chi connectivity index (χ0v) is 21.8. The molecule has 0 spiro atoms. The summed E-state index contributed by atoms with van der Waals surface area (Å²) in [6.45, 7) is 7.54. The molecule has 1 aliphatic rings. The number of amides is 1. The summed E-state index contributed by atoms with van der Waals surface area (Å²) in [7, 11) is -2.26. The number of hydrogen-bond acceptors (Lipinski definition) is 4. The minimum absolute atomic E-state index is 0.0821. The Hall–Kier alpha value is -2.31. The van der Waals surface area contributed by atoms with Crippen molar-refractivity contribution < 1.29 is 18.8 Å². The van der Waals surface area contributed by atoms with Crippen molar-refractivity contribution >= 4 is 21.3 Å². The predicted octanol–water partition coefficient (Wildman–Crippen LogP) is 5.21. The third-order valence-electron chi connectivity index (χ3n) is 6.89. The maximum atomic E-state index is 13.0. The highest BCUT2D eigenvalue weighted by molar-refractivity contribution is 7.99. The molecule has 6 heteroatoms. The minimum atomic E-state index is -2.26. The lowest BCUT2D eigenvalue weighted by atomic mass is 9.81. The first-order chi connectivity index (χ1) is 16.0.